The van der Waals surface area contributed by atoms with Crippen LogP contribution >= 0.6 is 62.0 Å². The van der Waals surface area contributed by atoms with Gasteiger partial charge in [0.25, 0.3) is 0 Å². The second-order valence-corrected chi connectivity index (χ2v) is 1.84. The van der Waals surface area contributed by atoms with Gasteiger partial charge in [0.2, 0.25) is 0 Å². The minimum absolute atomic E-state index is 0. The topological polar surface area (TPSA) is 86.7 Å². The average Bonchev–Trinajstić information content (AvgIpc) is 1.87. The maximum atomic E-state index is 8.34. The van der Waals surface area contributed by atoms with Crippen molar-refractivity contribution in [3.63, 3.8) is 0 Å². The summed E-state index contributed by atoms with van der Waals surface area (Å²) in [6.07, 6.45) is 0. The molecule has 0 amide bonds. The second kappa shape index (κ2) is 19.0. The third-order valence-electron chi connectivity index (χ3n) is 0.945. The molecule has 0 fully saturated rings. The third kappa shape index (κ3) is 16.0. The smallest absolute Gasteiger partial charge is 0.0856 e. The molecule has 5 N–H and O–H groups in total. The molecule has 0 radical (unpaired) electrons. The van der Waals surface area contributed by atoms with Crippen molar-refractivity contribution in [1.29, 1.82) is 0 Å². The highest BCUT2D eigenvalue weighted by molar-refractivity contribution is 5.86. The lowest BCUT2D eigenvalue weighted by molar-refractivity contribution is 0.0698. The molecule has 0 unspecified atom stereocenters. The van der Waals surface area contributed by atoms with Gasteiger partial charge in [-0.3, -0.25) is 0 Å². The molecule has 0 aromatic carbocycles. The molecule has 0 rings (SSSR count). The predicted octanol–water partition coefficient (Wildman–Crippen LogP) is -0.230. The Morgan fingerprint density at radius 3 is 0.846 bits per heavy atom. The van der Waals surface area contributed by atoms with Crippen molar-refractivity contribution in [1.82, 2.24) is 0 Å². The number of rotatable bonds is 3. The average molecular weight is 303 g/mol. The zero-order valence-corrected chi connectivity index (χ0v) is 10.7. The summed E-state index contributed by atoms with van der Waals surface area (Å²) in [5.74, 6) is 0. The number of halogens is 5. The van der Waals surface area contributed by atoms with Gasteiger partial charge in [-0.15, -0.1) is 62.0 Å². The summed E-state index contributed by atoms with van der Waals surface area (Å²) in [5.41, 5.74) is 3.94. The van der Waals surface area contributed by atoms with Gasteiger partial charge in [-0.1, -0.05) is 0 Å². The van der Waals surface area contributed by atoms with Crippen LogP contribution in [-0.4, -0.2) is 40.7 Å². The van der Waals surface area contributed by atoms with Gasteiger partial charge in [0, 0.05) is 0 Å². The summed E-state index contributed by atoms with van der Waals surface area (Å²) >= 11 is 0. The molecule has 0 heterocycles. The molecule has 0 atom stereocenters. The van der Waals surface area contributed by atoms with Gasteiger partial charge in [0.1, 0.15) is 0 Å². The summed E-state index contributed by atoms with van der Waals surface area (Å²) in [5, 5.41) is 25.0. The van der Waals surface area contributed by atoms with E-state index in [4.69, 9.17) is 21.1 Å². The van der Waals surface area contributed by atoms with Crippen molar-refractivity contribution in [2.45, 2.75) is 5.54 Å². The van der Waals surface area contributed by atoms with Crippen LogP contribution in [-0.2, 0) is 0 Å². The van der Waals surface area contributed by atoms with Gasteiger partial charge in [-0.05, 0) is 0 Å². The van der Waals surface area contributed by atoms with E-state index in [9.17, 15) is 0 Å². The maximum absolute atomic E-state index is 8.34. The molecular formula is C4H16Cl5NO3. The molecule has 0 aliphatic rings. The fourth-order valence-electron chi connectivity index (χ4n) is 0.150. The van der Waals surface area contributed by atoms with Gasteiger partial charge in [0.05, 0.1) is 25.4 Å². The van der Waals surface area contributed by atoms with Crippen LogP contribution in [0.4, 0.5) is 0 Å². The Morgan fingerprint density at radius 2 is 0.846 bits per heavy atom. The highest BCUT2D eigenvalue weighted by Crippen LogP contribution is 1.93. The van der Waals surface area contributed by atoms with E-state index in [1.165, 1.54) is 0 Å². The van der Waals surface area contributed by atoms with E-state index in [1.54, 1.807) is 0 Å². The van der Waals surface area contributed by atoms with Crippen molar-refractivity contribution in [3.8, 4) is 0 Å². The molecule has 90 valence electrons. The molecule has 0 bridgehead atoms. The maximum Gasteiger partial charge on any atom is 0.0856 e. The zero-order chi connectivity index (χ0) is 6.62. The molecule has 9 heteroatoms. The summed E-state index contributed by atoms with van der Waals surface area (Å²) in [4.78, 5) is 0. The molecule has 0 spiro atoms. The Bertz CT molecular complexity index is 66.5. The van der Waals surface area contributed by atoms with Crippen molar-refractivity contribution in [3.05, 3.63) is 0 Å². The van der Waals surface area contributed by atoms with E-state index in [-0.39, 0.29) is 62.0 Å². The van der Waals surface area contributed by atoms with Gasteiger partial charge in [0.15, 0.2) is 0 Å². The molecule has 0 aromatic heterocycles. The summed E-state index contributed by atoms with van der Waals surface area (Å²) in [6, 6.07) is 0. The first-order valence-electron chi connectivity index (χ1n) is 2.30. The number of aliphatic hydroxyl groups excluding tert-OH is 3. The Hall–Kier alpha value is 1.29. The molecule has 4 nitrogen and oxygen atoms in total. The third-order valence-corrected chi connectivity index (χ3v) is 0.945. The Balaban J connectivity index is -0.0000000245. The Kier molecular flexibility index (Phi) is 53.6. The molecule has 0 saturated carbocycles. The normalized spacial score (nSPS) is 7.38. The van der Waals surface area contributed by atoms with Gasteiger partial charge in [-0.2, -0.15) is 0 Å². The highest BCUT2D eigenvalue weighted by atomic mass is 35.5. The van der Waals surface area contributed by atoms with E-state index in [0.717, 1.165) is 0 Å². The molecule has 0 saturated heterocycles. The number of nitrogens with two attached hydrogens (primary N) is 1. The first-order chi connectivity index (χ1) is 3.68. The fourth-order valence-corrected chi connectivity index (χ4v) is 0.150. The minimum Gasteiger partial charge on any atom is -0.394 e. The van der Waals surface area contributed by atoms with Crippen LogP contribution in [0.15, 0.2) is 0 Å². The van der Waals surface area contributed by atoms with Crippen LogP contribution < -0.4 is 5.73 Å². The monoisotopic (exact) mass is 301 g/mol. The molecule has 0 aliphatic carbocycles. The molecular weight excluding hydrogens is 287 g/mol. The van der Waals surface area contributed by atoms with Crippen molar-refractivity contribution < 1.29 is 15.3 Å². The first kappa shape index (κ1) is 36.7. The SMILES string of the molecule is Cl.Cl.Cl.Cl.Cl.NC(CO)(CO)CO. The molecule has 0 aromatic rings. The number of hydrogen-bond donors (Lipinski definition) is 4. The summed E-state index contributed by atoms with van der Waals surface area (Å²) in [6.45, 7) is -1.21. The van der Waals surface area contributed by atoms with Crippen LogP contribution in [0, 0.1) is 0 Å². The van der Waals surface area contributed by atoms with Crippen LogP contribution in [0.1, 0.15) is 0 Å². The van der Waals surface area contributed by atoms with Crippen molar-refractivity contribution in [2.75, 3.05) is 19.8 Å². The molecule has 13 heavy (non-hydrogen) atoms. The van der Waals surface area contributed by atoms with E-state index in [0.29, 0.717) is 0 Å². The van der Waals surface area contributed by atoms with Crippen LogP contribution in [0.5, 0.6) is 0 Å². The fraction of sp³-hybridized carbons (Fsp3) is 1.00. The minimum atomic E-state index is -1.21. The van der Waals surface area contributed by atoms with E-state index < -0.39 is 25.4 Å². The zero-order valence-electron chi connectivity index (χ0n) is 6.58. The second-order valence-electron chi connectivity index (χ2n) is 1.84. The van der Waals surface area contributed by atoms with Crippen molar-refractivity contribution >= 4 is 62.0 Å². The first-order valence-corrected chi connectivity index (χ1v) is 2.30. The Morgan fingerprint density at radius 1 is 0.692 bits per heavy atom. The lowest BCUT2D eigenvalue weighted by Gasteiger charge is -2.20. The van der Waals surface area contributed by atoms with Crippen LogP contribution in [0.3, 0.4) is 0 Å². The quantitative estimate of drug-likeness (QED) is 0.580. The number of hydrogen-bond acceptors (Lipinski definition) is 4. The van der Waals surface area contributed by atoms with Gasteiger partial charge < -0.3 is 21.1 Å². The summed E-state index contributed by atoms with van der Waals surface area (Å²) < 4.78 is 0. The van der Waals surface area contributed by atoms with E-state index in [1.807, 2.05) is 0 Å². The standard InChI is InChI=1S/C4H11NO3.5ClH/c5-4(1-6,2-7)3-8;;;;;/h6-8H,1-3,5H2;5*1H. The van der Waals surface area contributed by atoms with Crippen LogP contribution in [0.2, 0.25) is 0 Å². The predicted molar refractivity (Wildman–Crippen MR) is 64.4 cm³/mol. The largest absolute Gasteiger partial charge is 0.394 e. The van der Waals surface area contributed by atoms with E-state index in [2.05, 4.69) is 0 Å². The van der Waals surface area contributed by atoms with Crippen LogP contribution in [0.25, 0.3) is 0 Å². The van der Waals surface area contributed by atoms with Gasteiger partial charge in [-0.25, -0.2) is 0 Å². The van der Waals surface area contributed by atoms with Gasteiger partial charge >= 0.3 is 0 Å². The lowest BCUT2D eigenvalue weighted by Crippen LogP contribution is -2.50. The van der Waals surface area contributed by atoms with Crippen molar-refractivity contribution in [2.24, 2.45) is 5.73 Å². The molecule has 0 aliphatic heterocycles. The van der Waals surface area contributed by atoms with E-state index >= 15 is 0 Å². The number of aliphatic hydroxyl groups is 3. The summed E-state index contributed by atoms with van der Waals surface area (Å²) in [7, 11) is 0. The Labute approximate surface area is 108 Å². The highest BCUT2D eigenvalue weighted by Gasteiger charge is 2.20. The lowest BCUT2D eigenvalue weighted by atomic mass is 10.1.